The number of amides is 3. The Hall–Kier alpha value is -3.22. The van der Waals surface area contributed by atoms with Crippen LogP contribution in [0.1, 0.15) is 50.2 Å². The van der Waals surface area contributed by atoms with Gasteiger partial charge >= 0.3 is 0 Å². The lowest BCUT2D eigenvalue weighted by Gasteiger charge is -2.15. The molecule has 0 unspecified atom stereocenters. The third-order valence-corrected chi connectivity index (χ3v) is 4.73. The van der Waals surface area contributed by atoms with Gasteiger partial charge in [-0.05, 0) is 44.7 Å². The maximum Gasteiger partial charge on any atom is 0.256 e. The summed E-state index contributed by atoms with van der Waals surface area (Å²) in [7, 11) is 1.50. The van der Waals surface area contributed by atoms with Gasteiger partial charge in [0, 0.05) is 30.8 Å². The topological polar surface area (TPSA) is 100 Å². The molecule has 3 N–H and O–H groups in total. The van der Waals surface area contributed by atoms with Crippen molar-refractivity contribution < 1.29 is 14.4 Å². The smallest absolute Gasteiger partial charge is 0.256 e. The zero-order valence-electron chi connectivity index (χ0n) is 16.5. The summed E-state index contributed by atoms with van der Waals surface area (Å²) in [6, 6.07) is 5.40. The Kier molecular flexibility index (Phi) is 5.44. The summed E-state index contributed by atoms with van der Waals surface area (Å²) in [5.41, 5.74) is 3.87. The van der Waals surface area contributed by atoms with Crippen LogP contribution >= 0.6 is 0 Å². The first-order chi connectivity index (χ1) is 13.3. The number of carbonyl (C=O) groups is 3. The van der Waals surface area contributed by atoms with E-state index in [0.29, 0.717) is 17.1 Å². The predicted octanol–water partition coefficient (Wildman–Crippen LogP) is 2.97. The lowest BCUT2D eigenvalue weighted by atomic mass is 9.99. The van der Waals surface area contributed by atoms with Crippen LogP contribution in [0.4, 0.5) is 11.5 Å². The van der Waals surface area contributed by atoms with Gasteiger partial charge in [-0.3, -0.25) is 14.4 Å². The van der Waals surface area contributed by atoms with E-state index in [1.807, 2.05) is 32.9 Å². The molecule has 1 aromatic heterocycles. The lowest BCUT2D eigenvalue weighted by Crippen LogP contribution is -2.23. The SMILES string of the molecule is CNC(=O)c1cnc(NC(=O)C2CC2)cc1NC(=O)c1c(C)cc(C)cc1C. The number of hydrogen-bond donors (Lipinski definition) is 3. The first-order valence-electron chi connectivity index (χ1n) is 9.22. The summed E-state index contributed by atoms with van der Waals surface area (Å²) in [6.07, 6.45) is 3.10. The Balaban J connectivity index is 1.92. The molecule has 146 valence electrons. The molecular formula is C21H24N4O3. The molecule has 1 aromatic carbocycles. The molecule has 1 fully saturated rings. The van der Waals surface area contributed by atoms with Crippen molar-refractivity contribution in [3.05, 3.63) is 52.2 Å². The average Bonchev–Trinajstić information content (AvgIpc) is 3.45. The van der Waals surface area contributed by atoms with Crippen molar-refractivity contribution in [3.63, 3.8) is 0 Å². The Labute approximate surface area is 163 Å². The van der Waals surface area contributed by atoms with Gasteiger partial charge in [0.1, 0.15) is 5.82 Å². The molecule has 7 nitrogen and oxygen atoms in total. The summed E-state index contributed by atoms with van der Waals surface area (Å²) < 4.78 is 0. The molecule has 0 saturated heterocycles. The van der Waals surface area contributed by atoms with E-state index in [-0.39, 0.29) is 29.2 Å². The van der Waals surface area contributed by atoms with Crippen molar-refractivity contribution in [2.75, 3.05) is 17.7 Å². The second kappa shape index (κ2) is 7.80. The highest BCUT2D eigenvalue weighted by molar-refractivity contribution is 6.10. The van der Waals surface area contributed by atoms with Gasteiger partial charge in [-0.25, -0.2) is 4.98 Å². The molecule has 1 aliphatic rings. The molecule has 3 rings (SSSR count). The number of carbonyl (C=O) groups excluding carboxylic acids is 3. The van der Waals surface area contributed by atoms with Crippen molar-refractivity contribution in [1.82, 2.24) is 10.3 Å². The number of nitrogens with zero attached hydrogens (tertiary/aromatic N) is 1. The number of anilines is 2. The quantitative estimate of drug-likeness (QED) is 0.742. The first-order valence-corrected chi connectivity index (χ1v) is 9.22. The summed E-state index contributed by atoms with van der Waals surface area (Å²) in [5.74, 6) is -0.456. The van der Waals surface area contributed by atoms with Crippen LogP contribution in [0.15, 0.2) is 24.4 Å². The fourth-order valence-electron chi connectivity index (χ4n) is 3.24. The lowest BCUT2D eigenvalue weighted by molar-refractivity contribution is -0.117. The normalized spacial score (nSPS) is 13.0. The number of aromatic nitrogens is 1. The van der Waals surface area contributed by atoms with Crippen molar-refractivity contribution in [1.29, 1.82) is 0 Å². The van der Waals surface area contributed by atoms with Gasteiger partial charge in [0.05, 0.1) is 11.3 Å². The van der Waals surface area contributed by atoms with Crippen molar-refractivity contribution in [2.45, 2.75) is 33.6 Å². The molecule has 1 heterocycles. The van der Waals surface area contributed by atoms with Crippen molar-refractivity contribution in [2.24, 2.45) is 5.92 Å². The Bertz CT molecular complexity index is 941. The number of pyridine rings is 1. The van der Waals surface area contributed by atoms with Crippen LogP contribution in [0.2, 0.25) is 0 Å². The predicted molar refractivity (Wildman–Crippen MR) is 108 cm³/mol. The highest BCUT2D eigenvalue weighted by Crippen LogP contribution is 2.30. The molecule has 0 aliphatic heterocycles. The Morgan fingerprint density at radius 3 is 2.18 bits per heavy atom. The molecule has 0 bridgehead atoms. The molecule has 0 radical (unpaired) electrons. The summed E-state index contributed by atoms with van der Waals surface area (Å²) in [6.45, 7) is 5.73. The van der Waals surface area contributed by atoms with E-state index in [9.17, 15) is 14.4 Å². The van der Waals surface area contributed by atoms with E-state index >= 15 is 0 Å². The van der Waals surface area contributed by atoms with Gasteiger partial charge in [-0.15, -0.1) is 0 Å². The number of hydrogen-bond acceptors (Lipinski definition) is 4. The van der Waals surface area contributed by atoms with Crippen LogP contribution in [-0.2, 0) is 4.79 Å². The summed E-state index contributed by atoms with van der Waals surface area (Å²) in [4.78, 5) is 41.3. The van der Waals surface area contributed by atoms with Crippen LogP contribution in [0, 0.1) is 26.7 Å². The molecule has 0 atom stereocenters. The minimum Gasteiger partial charge on any atom is -0.355 e. The number of rotatable bonds is 5. The van der Waals surface area contributed by atoms with Gasteiger partial charge in [-0.2, -0.15) is 0 Å². The van der Waals surface area contributed by atoms with Gasteiger partial charge in [-0.1, -0.05) is 17.7 Å². The van der Waals surface area contributed by atoms with E-state index in [2.05, 4.69) is 20.9 Å². The van der Waals surface area contributed by atoms with Crippen molar-refractivity contribution >= 4 is 29.2 Å². The van der Waals surface area contributed by atoms with Gasteiger partial charge in [0.2, 0.25) is 5.91 Å². The van der Waals surface area contributed by atoms with Crippen LogP contribution < -0.4 is 16.0 Å². The fourth-order valence-corrected chi connectivity index (χ4v) is 3.24. The highest BCUT2D eigenvalue weighted by Gasteiger charge is 2.30. The van der Waals surface area contributed by atoms with Crippen LogP contribution in [0.25, 0.3) is 0 Å². The van der Waals surface area contributed by atoms with Gasteiger partial charge in [0.15, 0.2) is 0 Å². The second-order valence-electron chi connectivity index (χ2n) is 7.19. The third kappa shape index (κ3) is 4.19. The second-order valence-corrected chi connectivity index (χ2v) is 7.19. The Morgan fingerprint density at radius 2 is 1.61 bits per heavy atom. The summed E-state index contributed by atoms with van der Waals surface area (Å²) in [5, 5.41) is 8.08. The molecular weight excluding hydrogens is 356 g/mol. The van der Waals surface area contributed by atoms with E-state index in [1.54, 1.807) is 0 Å². The molecule has 2 aromatic rings. The zero-order chi connectivity index (χ0) is 20.4. The summed E-state index contributed by atoms with van der Waals surface area (Å²) >= 11 is 0. The third-order valence-electron chi connectivity index (χ3n) is 4.73. The van der Waals surface area contributed by atoms with Crippen LogP contribution in [0.5, 0.6) is 0 Å². The minimum atomic E-state index is -0.375. The standard InChI is InChI=1S/C21H24N4O3/c1-11-7-12(2)18(13(3)8-11)21(28)24-16-9-17(25-19(26)14-5-6-14)23-10-15(16)20(27)22-4/h7-10,14H,5-6H2,1-4H3,(H,22,27)(H2,23,24,25,26,28). The largest absolute Gasteiger partial charge is 0.355 e. The maximum absolute atomic E-state index is 12.9. The van der Waals surface area contributed by atoms with Gasteiger partial charge in [0.25, 0.3) is 11.8 Å². The highest BCUT2D eigenvalue weighted by atomic mass is 16.2. The van der Waals surface area contributed by atoms with E-state index < -0.39 is 0 Å². The molecule has 28 heavy (non-hydrogen) atoms. The monoisotopic (exact) mass is 380 g/mol. The average molecular weight is 380 g/mol. The van der Waals surface area contributed by atoms with E-state index in [4.69, 9.17) is 0 Å². The van der Waals surface area contributed by atoms with Crippen LogP contribution in [0.3, 0.4) is 0 Å². The van der Waals surface area contributed by atoms with Crippen molar-refractivity contribution in [3.8, 4) is 0 Å². The zero-order valence-corrected chi connectivity index (χ0v) is 16.5. The van der Waals surface area contributed by atoms with Gasteiger partial charge < -0.3 is 16.0 Å². The number of benzene rings is 1. The minimum absolute atomic E-state index is 0.0244. The number of nitrogens with one attached hydrogen (secondary N) is 3. The molecule has 3 amide bonds. The Morgan fingerprint density at radius 1 is 0.964 bits per heavy atom. The fraction of sp³-hybridized carbons (Fsp3) is 0.333. The molecule has 0 spiro atoms. The number of aryl methyl sites for hydroxylation is 3. The molecule has 1 saturated carbocycles. The first kappa shape index (κ1) is 19.5. The van der Waals surface area contributed by atoms with Crippen LogP contribution in [-0.4, -0.2) is 29.8 Å². The van der Waals surface area contributed by atoms with E-state index in [1.165, 1.54) is 19.3 Å². The molecule has 7 heteroatoms. The molecule has 1 aliphatic carbocycles. The maximum atomic E-state index is 12.9. The van der Waals surface area contributed by atoms with E-state index in [0.717, 1.165) is 29.5 Å².